The number of rotatable bonds is 6. The number of aromatic carboxylic acids is 1. The first-order chi connectivity index (χ1) is 9.75. The van der Waals surface area contributed by atoms with E-state index in [0.717, 1.165) is 0 Å². The molecule has 1 aromatic carbocycles. The zero-order valence-corrected chi connectivity index (χ0v) is 13.2. The number of sulfonamides is 1. The third-order valence-electron chi connectivity index (χ3n) is 3.11. The number of terminal acetylenes is 1. The first-order valence-electron chi connectivity index (χ1n) is 6.53. The van der Waals surface area contributed by atoms with Gasteiger partial charge in [-0.1, -0.05) is 18.9 Å². The molecule has 1 rings (SSSR count). The van der Waals surface area contributed by atoms with Crippen LogP contribution in [0.5, 0.6) is 0 Å². The molecule has 1 N–H and O–H groups in total. The van der Waals surface area contributed by atoms with Crippen LogP contribution in [0.25, 0.3) is 0 Å². The predicted octanol–water partition coefficient (Wildman–Crippen LogP) is 2.04. The van der Waals surface area contributed by atoms with Crippen molar-refractivity contribution in [1.82, 2.24) is 4.31 Å². The molecule has 0 aliphatic rings. The Morgan fingerprint density at radius 3 is 2.43 bits per heavy atom. The Hall–Kier alpha value is -1.84. The summed E-state index contributed by atoms with van der Waals surface area (Å²) in [5, 5.41) is 9.15. The Kier molecular flexibility index (Phi) is 5.53. The maximum absolute atomic E-state index is 12.7. The maximum Gasteiger partial charge on any atom is 0.335 e. The second-order valence-electron chi connectivity index (χ2n) is 4.78. The van der Waals surface area contributed by atoms with Crippen molar-refractivity contribution in [1.29, 1.82) is 0 Å². The summed E-state index contributed by atoms with van der Waals surface area (Å²) in [5.41, 5.74) is 1.02. The highest BCUT2D eigenvalue weighted by Gasteiger charge is 2.26. The molecule has 0 aliphatic heterocycles. The van der Waals surface area contributed by atoms with Crippen molar-refractivity contribution in [2.75, 3.05) is 13.1 Å². The van der Waals surface area contributed by atoms with E-state index in [2.05, 4.69) is 5.92 Å². The van der Waals surface area contributed by atoms with Crippen LogP contribution in [0, 0.1) is 26.2 Å². The molecule has 5 nitrogen and oxygen atoms in total. The molecule has 0 saturated heterocycles. The lowest BCUT2D eigenvalue weighted by molar-refractivity contribution is 0.0696. The van der Waals surface area contributed by atoms with Gasteiger partial charge in [0.1, 0.15) is 0 Å². The van der Waals surface area contributed by atoms with E-state index in [1.807, 2.05) is 6.92 Å². The summed E-state index contributed by atoms with van der Waals surface area (Å²) >= 11 is 0. The van der Waals surface area contributed by atoms with Gasteiger partial charge in [0.25, 0.3) is 0 Å². The quantitative estimate of drug-likeness (QED) is 0.816. The lowest BCUT2D eigenvalue weighted by Crippen LogP contribution is -2.32. The van der Waals surface area contributed by atoms with Crippen LogP contribution in [0.3, 0.4) is 0 Å². The third-order valence-corrected chi connectivity index (χ3v) is 5.10. The summed E-state index contributed by atoms with van der Waals surface area (Å²) < 4.78 is 26.5. The van der Waals surface area contributed by atoms with Gasteiger partial charge in [-0.15, -0.1) is 6.42 Å². The second-order valence-corrected chi connectivity index (χ2v) is 6.69. The molecule has 0 radical (unpaired) electrons. The third kappa shape index (κ3) is 3.63. The molecule has 0 unspecified atom stereocenters. The molecule has 0 amide bonds. The Labute approximate surface area is 125 Å². The van der Waals surface area contributed by atoms with E-state index < -0.39 is 16.0 Å². The number of nitrogens with zero attached hydrogens (tertiary/aromatic N) is 1. The smallest absolute Gasteiger partial charge is 0.335 e. The summed E-state index contributed by atoms with van der Waals surface area (Å²) in [6.07, 6.45) is 5.85. The monoisotopic (exact) mass is 309 g/mol. The van der Waals surface area contributed by atoms with Gasteiger partial charge in [-0.25, -0.2) is 13.2 Å². The fourth-order valence-electron chi connectivity index (χ4n) is 2.12. The van der Waals surface area contributed by atoms with Gasteiger partial charge in [0, 0.05) is 6.54 Å². The lowest BCUT2D eigenvalue weighted by atomic mass is 10.1. The Balaban J connectivity index is 3.46. The van der Waals surface area contributed by atoms with Gasteiger partial charge in [0.15, 0.2) is 0 Å². The average Bonchev–Trinajstić information content (AvgIpc) is 2.37. The fraction of sp³-hybridized carbons (Fsp3) is 0.400. The minimum atomic E-state index is -3.80. The summed E-state index contributed by atoms with van der Waals surface area (Å²) in [6, 6.07) is 2.78. The van der Waals surface area contributed by atoms with Crippen molar-refractivity contribution in [2.45, 2.75) is 32.1 Å². The minimum Gasteiger partial charge on any atom is -0.478 e. The van der Waals surface area contributed by atoms with Gasteiger partial charge in [-0.3, -0.25) is 0 Å². The number of hydrogen-bond donors (Lipinski definition) is 1. The van der Waals surface area contributed by atoms with Crippen molar-refractivity contribution in [3.63, 3.8) is 0 Å². The molecular weight excluding hydrogens is 290 g/mol. The number of benzene rings is 1. The number of aryl methyl sites for hydroxylation is 2. The summed E-state index contributed by atoms with van der Waals surface area (Å²) in [5.74, 6) is 1.18. The first-order valence-corrected chi connectivity index (χ1v) is 7.97. The molecule has 0 aliphatic carbocycles. The highest BCUT2D eigenvalue weighted by molar-refractivity contribution is 7.89. The van der Waals surface area contributed by atoms with Crippen LogP contribution < -0.4 is 0 Å². The molecule has 0 atom stereocenters. The fourth-order valence-corrected chi connectivity index (χ4v) is 3.79. The van der Waals surface area contributed by atoms with Gasteiger partial charge >= 0.3 is 5.97 Å². The van der Waals surface area contributed by atoms with E-state index in [0.29, 0.717) is 24.1 Å². The predicted molar refractivity (Wildman–Crippen MR) is 80.8 cm³/mol. The standard InChI is InChI=1S/C15H19NO4S/c1-5-7-16(8-6-2)21(19,20)14-10-13(15(17)18)11(3)9-12(14)4/h1,9-10H,6-8H2,2-4H3,(H,17,18). The van der Waals surface area contributed by atoms with E-state index in [4.69, 9.17) is 11.5 Å². The van der Waals surface area contributed by atoms with Gasteiger partial charge in [0.05, 0.1) is 17.0 Å². The average molecular weight is 309 g/mol. The van der Waals surface area contributed by atoms with E-state index in [-0.39, 0.29) is 17.0 Å². The van der Waals surface area contributed by atoms with Crippen molar-refractivity contribution in [2.24, 2.45) is 0 Å². The van der Waals surface area contributed by atoms with E-state index in [1.54, 1.807) is 19.9 Å². The number of carboxylic acids is 1. The van der Waals surface area contributed by atoms with E-state index in [1.165, 1.54) is 10.4 Å². The Morgan fingerprint density at radius 1 is 1.33 bits per heavy atom. The van der Waals surface area contributed by atoms with Crippen LogP contribution in [0.2, 0.25) is 0 Å². The Morgan fingerprint density at radius 2 is 1.95 bits per heavy atom. The molecular formula is C15H19NO4S. The molecule has 1 aromatic rings. The molecule has 0 bridgehead atoms. The van der Waals surface area contributed by atoms with Crippen LogP contribution >= 0.6 is 0 Å². The summed E-state index contributed by atoms with van der Waals surface area (Å²) in [6.45, 7) is 5.39. The van der Waals surface area contributed by atoms with Gasteiger partial charge in [-0.05, 0) is 37.5 Å². The first kappa shape index (κ1) is 17.2. The Bertz CT molecular complexity index is 686. The topological polar surface area (TPSA) is 74.7 Å². The summed E-state index contributed by atoms with van der Waals surface area (Å²) in [4.78, 5) is 11.2. The SMILES string of the molecule is C#CCN(CCC)S(=O)(=O)c1cc(C(=O)O)c(C)cc1C. The van der Waals surface area contributed by atoms with Crippen molar-refractivity contribution < 1.29 is 18.3 Å². The molecule has 0 fully saturated rings. The largest absolute Gasteiger partial charge is 0.478 e. The maximum atomic E-state index is 12.7. The van der Waals surface area contributed by atoms with Gasteiger partial charge < -0.3 is 5.11 Å². The van der Waals surface area contributed by atoms with Crippen LogP contribution in [0.1, 0.15) is 34.8 Å². The molecule has 114 valence electrons. The molecule has 0 heterocycles. The van der Waals surface area contributed by atoms with E-state index in [9.17, 15) is 13.2 Å². The van der Waals surface area contributed by atoms with Gasteiger partial charge in [0.2, 0.25) is 10.0 Å². The highest BCUT2D eigenvalue weighted by Crippen LogP contribution is 2.24. The van der Waals surface area contributed by atoms with Crippen LogP contribution in [0.15, 0.2) is 17.0 Å². The van der Waals surface area contributed by atoms with Crippen molar-refractivity contribution in [3.05, 3.63) is 28.8 Å². The zero-order valence-electron chi connectivity index (χ0n) is 12.4. The highest BCUT2D eigenvalue weighted by atomic mass is 32.2. The lowest BCUT2D eigenvalue weighted by Gasteiger charge is -2.21. The van der Waals surface area contributed by atoms with Crippen molar-refractivity contribution >= 4 is 16.0 Å². The minimum absolute atomic E-state index is 0.00537. The number of hydrogen-bond acceptors (Lipinski definition) is 3. The zero-order chi connectivity index (χ0) is 16.2. The van der Waals surface area contributed by atoms with E-state index >= 15 is 0 Å². The molecule has 0 spiro atoms. The molecule has 21 heavy (non-hydrogen) atoms. The van der Waals surface area contributed by atoms with Crippen LogP contribution in [-0.2, 0) is 10.0 Å². The number of carbonyl (C=O) groups is 1. The van der Waals surface area contributed by atoms with Gasteiger partial charge in [-0.2, -0.15) is 4.31 Å². The molecule has 0 aromatic heterocycles. The van der Waals surface area contributed by atoms with Crippen LogP contribution in [0.4, 0.5) is 0 Å². The van der Waals surface area contributed by atoms with Crippen molar-refractivity contribution in [3.8, 4) is 12.3 Å². The van der Waals surface area contributed by atoms with Crippen LogP contribution in [-0.4, -0.2) is 36.9 Å². The normalized spacial score (nSPS) is 11.4. The summed E-state index contributed by atoms with van der Waals surface area (Å²) in [7, 11) is -3.80. The second kappa shape index (κ2) is 6.74. The number of carboxylic acid groups (broad SMARTS) is 1. The molecule has 0 saturated carbocycles. The molecule has 6 heteroatoms.